The van der Waals surface area contributed by atoms with Gasteiger partial charge in [-0.05, 0) is 30.7 Å². The highest BCUT2D eigenvalue weighted by Gasteiger charge is 2.13. The lowest BCUT2D eigenvalue weighted by Crippen LogP contribution is -2.25. The maximum absolute atomic E-state index is 12.0. The van der Waals surface area contributed by atoms with Gasteiger partial charge in [-0.3, -0.25) is 14.9 Å². The molecule has 1 heterocycles. The Hall–Kier alpha value is -1.96. The second kappa shape index (κ2) is 8.61. The van der Waals surface area contributed by atoms with Crippen molar-refractivity contribution in [3.63, 3.8) is 0 Å². The fourth-order valence-corrected chi connectivity index (χ4v) is 2.53. The minimum atomic E-state index is -0.303. The summed E-state index contributed by atoms with van der Waals surface area (Å²) in [5.74, 6) is -0.576. The summed E-state index contributed by atoms with van der Waals surface area (Å²) in [6, 6.07) is 6.51. The number of rotatable bonds is 7. The molecule has 0 aliphatic heterocycles. The van der Waals surface area contributed by atoms with Gasteiger partial charge in [-0.1, -0.05) is 11.6 Å². The van der Waals surface area contributed by atoms with Crippen LogP contribution < -0.4 is 10.6 Å². The van der Waals surface area contributed by atoms with Crippen LogP contribution in [0.5, 0.6) is 0 Å². The van der Waals surface area contributed by atoms with Gasteiger partial charge in [0.25, 0.3) is 11.8 Å². The molecular formula is C15H16ClN3O3S. The molecule has 0 saturated carbocycles. The molecule has 0 aliphatic carbocycles. The first kappa shape index (κ1) is 17.4. The van der Waals surface area contributed by atoms with E-state index in [0.717, 1.165) is 6.42 Å². The molecule has 23 heavy (non-hydrogen) atoms. The number of amides is 2. The molecule has 0 saturated heterocycles. The summed E-state index contributed by atoms with van der Waals surface area (Å²) < 4.78 is 4.91. The SMILES string of the molecule is COCCCNC(=O)c1csc(NC(=O)c2ccc(Cl)cc2)n1. The molecule has 0 aliphatic rings. The largest absolute Gasteiger partial charge is 0.385 e. The Balaban J connectivity index is 1.90. The van der Waals surface area contributed by atoms with E-state index < -0.39 is 0 Å². The maximum atomic E-state index is 12.0. The molecule has 0 bridgehead atoms. The number of methoxy groups -OCH3 is 1. The predicted octanol–water partition coefficient (Wildman–Crippen LogP) is 2.82. The predicted molar refractivity (Wildman–Crippen MR) is 90.3 cm³/mol. The zero-order valence-electron chi connectivity index (χ0n) is 12.5. The first-order valence-electron chi connectivity index (χ1n) is 6.89. The van der Waals surface area contributed by atoms with Gasteiger partial charge >= 0.3 is 0 Å². The molecule has 0 atom stereocenters. The van der Waals surface area contributed by atoms with E-state index in [9.17, 15) is 9.59 Å². The topological polar surface area (TPSA) is 80.3 Å². The lowest BCUT2D eigenvalue weighted by molar-refractivity contribution is 0.0943. The number of ether oxygens (including phenoxy) is 1. The van der Waals surface area contributed by atoms with Crippen LogP contribution in [0.3, 0.4) is 0 Å². The van der Waals surface area contributed by atoms with Gasteiger partial charge in [0.05, 0.1) is 0 Å². The van der Waals surface area contributed by atoms with Crippen molar-refractivity contribution in [2.24, 2.45) is 0 Å². The second-order valence-electron chi connectivity index (χ2n) is 4.60. The van der Waals surface area contributed by atoms with Gasteiger partial charge in [0, 0.05) is 36.2 Å². The van der Waals surface area contributed by atoms with Gasteiger partial charge in [-0.15, -0.1) is 11.3 Å². The fourth-order valence-electron chi connectivity index (χ4n) is 1.71. The minimum Gasteiger partial charge on any atom is -0.385 e. The first-order chi connectivity index (χ1) is 11.1. The standard InChI is InChI=1S/C15H16ClN3O3S/c1-22-8-2-7-17-14(21)12-9-23-15(18-12)19-13(20)10-3-5-11(16)6-4-10/h3-6,9H,2,7-8H2,1H3,(H,17,21)(H,18,19,20). The number of carbonyl (C=O) groups is 2. The lowest BCUT2D eigenvalue weighted by Gasteiger charge is -2.03. The zero-order chi connectivity index (χ0) is 16.7. The van der Waals surface area contributed by atoms with Crippen molar-refractivity contribution in [3.05, 3.63) is 45.9 Å². The van der Waals surface area contributed by atoms with Crippen molar-refractivity contribution in [1.82, 2.24) is 10.3 Å². The monoisotopic (exact) mass is 353 g/mol. The molecule has 0 radical (unpaired) electrons. The fraction of sp³-hybridized carbons (Fsp3) is 0.267. The van der Waals surface area contributed by atoms with Crippen LogP contribution in [0.15, 0.2) is 29.6 Å². The summed E-state index contributed by atoms with van der Waals surface area (Å²) in [5.41, 5.74) is 0.744. The quantitative estimate of drug-likeness (QED) is 0.750. The summed E-state index contributed by atoms with van der Waals surface area (Å²) in [4.78, 5) is 28.0. The van der Waals surface area contributed by atoms with E-state index in [1.54, 1.807) is 36.8 Å². The molecule has 122 valence electrons. The first-order valence-corrected chi connectivity index (χ1v) is 8.15. The van der Waals surface area contributed by atoms with Crippen LogP contribution in [0, 0.1) is 0 Å². The van der Waals surface area contributed by atoms with Gasteiger partial charge in [-0.2, -0.15) is 0 Å². The molecule has 2 amide bonds. The summed E-state index contributed by atoms with van der Waals surface area (Å²) in [6.07, 6.45) is 0.729. The van der Waals surface area contributed by atoms with Crippen LogP contribution in [0.2, 0.25) is 5.02 Å². The second-order valence-corrected chi connectivity index (χ2v) is 5.90. The number of hydrogen-bond acceptors (Lipinski definition) is 5. The third kappa shape index (κ3) is 5.31. The summed E-state index contributed by atoms with van der Waals surface area (Å²) in [6.45, 7) is 1.09. The number of anilines is 1. The van der Waals surface area contributed by atoms with Gasteiger partial charge in [0.1, 0.15) is 5.69 Å². The molecule has 6 nitrogen and oxygen atoms in total. The molecule has 1 aromatic heterocycles. The molecule has 0 spiro atoms. The number of hydrogen-bond donors (Lipinski definition) is 2. The average molecular weight is 354 g/mol. The van der Waals surface area contributed by atoms with Crippen LogP contribution >= 0.6 is 22.9 Å². The molecule has 0 fully saturated rings. The van der Waals surface area contributed by atoms with Crippen LogP contribution in [0.4, 0.5) is 5.13 Å². The van der Waals surface area contributed by atoms with E-state index in [2.05, 4.69) is 15.6 Å². The van der Waals surface area contributed by atoms with Gasteiger partial charge in [-0.25, -0.2) is 4.98 Å². The van der Waals surface area contributed by atoms with Gasteiger partial charge in [0.15, 0.2) is 5.13 Å². The summed E-state index contributed by atoms with van der Waals surface area (Å²) >= 11 is 6.97. The van der Waals surface area contributed by atoms with E-state index in [1.807, 2.05) is 0 Å². The minimum absolute atomic E-state index is 0.274. The summed E-state index contributed by atoms with van der Waals surface area (Å²) in [5, 5.41) is 7.92. The Morgan fingerprint density at radius 3 is 2.70 bits per heavy atom. The van der Waals surface area contributed by atoms with E-state index >= 15 is 0 Å². The van der Waals surface area contributed by atoms with Crippen molar-refractivity contribution in [2.75, 3.05) is 25.6 Å². The van der Waals surface area contributed by atoms with Crippen molar-refractivity contribution >= 4 is 39.9 Å². The zero-order valence-corrected chi connectivity index (χ0v) is 14.0. The van der Waals surface area contributed by atoms with E-state index in [1.165, 1.54) is 11.3 Å². The normalized spacial score (nSPS) is 10.3. The molecule has 2 N–H and O–H groups in total. The number of carbonyl (C=O) groups excluding carboxylic acids is 2. The lowest BCUT2D eigenvalue weighted by atomic mass is 10.2. The Labute approximate surface area is 142 Å². The van der Waals surface area contributed by atoms with Crippen LogP contribution in [0.1, 0.15) is 27.3 Å². The molecule has 2 aromatic rings. The Morgan fingerprint density at radius 1 is 1.26 bits per heavy atom. The maximum Gasteiger partial charge on any atom is 0.270 e. The van der Waals surface area contributed by atoms with Gasteiger partial charge in [0.2, 0.25) is 0 Å². The molecule has 8 heteroatoms. The van der Waals surface area contributed by atoms with Gasteiger partial charge < -0.3 is 10.1 Å². The Morgan fingerprint density at radius 2 is 2.00 bits per heavy atom. The third-order valence-electron chi connectivity index (χ3n) is 2.87. The third-order valence-corrected chi connectivity index (χ3v) is 3.88. The highest BCUT2D eigenvalue weighted by molar-refractivity contribution is 7.14. The number of aromatic nitrogens is 1. The van der Waals surface area contributed by atoms with Crippen LogP contribution in [-0.4, -0.2) is 37.1 Å². The summed E-state index contributed by atoms with van der Waals surface area (Å²) in [7, 11) is 1.61. The highest BCUT2D eigenvalue weighted by Crippen LogP contribution is 2.17. The van der Waals surface area contributed by atoms with Crippen molar-refractivity contribution in [2.45, 2.75) is 6.42 Å². The number of nitrogens with zero attached hydrogens (tertiary/aromatic N) is 1. The number of nitrogens with one attached hydrogen (secondary N) is 2. The smallest absolute Gasteiger partial charge is 0.270 e. The van der Waals surface area contributed by atoms with Crippen molar-refractivity contribution in [1.29, 1.82) is 0 Å². The Kier molecular flexibility index (Phi) is 6.52. The molecule has 1 aromatic carbocycles. The molecular weight excluding hydrogens is 338 g/mol. The highest BCUT2D eigenvalue weighted by atomic mass is 35.5. The van der Waals surface area contributed by atoms with Crippen LogP contribution in [-0.2, 0) is 4.74 Å². The molecule has 0 unspecified atom stereocenters. The molecule has 2 rings (SSSR count). The van der Waals surface area contributed by atoms with E-state index in [-0.39, 0.29) is 17.5 Å². The van der Waals surface area contributed by atoms with Crippen LogP contribution in [0.25, 0.3) is 0 Å². The van der Waals surface area contributed by atoms with Crippen molar-refractivity contribution < 1.29 is 14.3 Å². The average Bonchev–Trinajstić information content (AvgIpc) is 3.00. The van der Waals surface area contributed by atoms with Crippen molar-refractivity contribution in [3.8, 4) is 0 Å². The number of halogens is 1. The number of benzene rings is 1. The number of thiazole rings is 1. The van der Waals surface area contributed by atoms with E-state index in [4.69, 9.17) is 16.3 Å². The van der Waals surface area contributed by atoms with E-state index in [0.29, 0.717) is 28.9 Å². The Bertz CT molecular complexity index is 673.